The highest BCUT2D eigenvalue weighted by Crippen LogP contribution is 2.24. The topological polar surface area (TPSA) is 26.0 Å². The van der Waals surface area contributed by atoms with Crippen molar-refractivity contribution in [3.63, 3.8) is 0 Å². The van der Waals surface area contributed by atoms with Gasteiger partial charge >= 0.3 is 0 Å². The molecule has 1 nitrogen and oxygen atoms in total. The molecule has 2 rings (SSSR count). The van der Waals surface area contributed by atoms with Crippen LogP contribution in [0.3, 0.4) is 0 Å². The molecule has 2 N–H and O–H groups in total. The van der Waals surface area contributed by atoms with Gasteiger partial charge in [-0.1, -0.05) is 37.6 Å². The molecule has 0 aliphatic rings. The summed E-state index contributed by atoms with van der Waals surface area (Å²) in [4.78, 5) is 0. The number of hydrogen-bond donors (Lipinski definition) is 1. The van der Waals surface area contributed by atoms with Crippen molar-refractivity contribution < 1.29 is 4.39 Å². The van der Waals surface area contributed by atoms with E-state index in [1.54, 1.807) is 12.1 Å². The predicted octanol–water partition coefficient (Wildman–Crippen LogP) is 4.03. The molecule has 2 heteroatoms. The van der Waals surface area contributed by atoms with Gasteiger partial charge in [-0.05, 0) is 41.3 Å². The van der Waals surface area contributed by atoms with E-state index >= 15 is 0 Å². The molecule has 0 heterocycles. The monoisotopic (exact) mass is 229 g/mol. The van der Waals surface area contributed by atoms with E-state index in [9.17, 15) is 4.39 Å². The van der Waals surface area contributed by atoms with Crippen LogP contribution in [0, 0.1) is 5.82 Å². The van der Waals surface area contributed by atoms with Crippen molar-refractivity contribution in [1.82, 2.24) is 0 Å². The summed E-state index contributed by atoms with van der Waals surface area (Å²) in [7, 11) is 0. The molecule has 0 aromatic heterocycles. The minimum absolute atomic E-state index is 0.218. The second kappa shape index (κ2) is 5.00. The Morgan fingerprint density at radius 2 is 1.65 bits per heavy atom. The first-order valence-corrected chi connectivity index (χ1v) is 5.85. The Morgan fingerprint density at radius 1 is 1.00 bits per heavy atom. The van der Waals surface area contributed by atoms with Gasteiger partial charge in [0.05, 0.1) is 0 Å². The highest BCUT2D eigenvalue weighted by molar-refractivity contribution is 5.69. The molecule has 88 valence electrons. The van der Waals surface area contributed by atoms with Crippen LogP contribution in [0.25, 0.3) is 11.1 Å². The van der Waals surface area contributed by atoms with E-state index < -0.39 is 0 Å². The lowest BCUT2D eigenvalue weighted by Gasteiger charge is -2.07. The van der Waals surface area contributed by atoms with Crippen molar-refractivity contribution in [1.29, 1.82) is 0 Å². The van der Waals surface area contributed by atoms with E-state index in [1.165, 1.54) is 17.7 Å². The second-order valence-corrected chi connectivity index (χ2v) is 4.17. The molecule has 2 aromatic rings. The molecule has 0 aliphatic heterocycles. The molecule has 0 aliphatic carbocycles. The van der Waals surface area contributed by atoms with Crippen molar-refractivity contribution in [2.75, 3.05) is 5.73 Å². The van der Waals surface area contributed by atoms with Crippen LogP contribution in [0.1, 0.15) is 18.9 Å². The SMILES string of the molecule is CCCc1ccc(-c2ccc(F)cc2)cc1N. The molecule has 17 heavy (non-hydrogen) atoms. The second-order valence-electron chi connectivity index (χ2n) is 4.17. The largest absolute Gasteiger partial charge is 0.398 e. The zero-order valence-corrected chi connectivity index (χ0v) is 9.91. The highest BCUT2D eigenvalue weighted by Gasteiger charge is 2.02. The maximum atomic E-state index is 12.8. The lowest BCUT2D eigenvalue weighted by Crippen LogP contribution is -1.94. The van der Waals surface area contributed by atoms with Gasteiger partial charge in [0.2, 0.25) is 0 Å². The first kappa shape index (κ1) is 11.6. The zero-order chi connectivity index (χ0) is 12.3. The van der Waals surface area contributed by atoms with E-state index in [2.05, 4.69) is 13.0 Å². The first-order valence-electron chi connectivity index (χ1n) is 5.85. The minimum atomic E-state index is -0.218. The van der Waals surface area contributed by atoms with Crippen LogP contribution < -0.4 is 5.73 Å². The standard InChI is InChI=1S/C15H16FN/c1-2-3-12-4-5-13(10-15(12)17)11-6-8-14(16)9-7-11/h4-10H,2-3,17H2,1H3. The van der Waals surface area contributed by atoms with E-state index in [4.69, 9.17) is 5.73 Å². The lowest BCUT2D eigenvalue weighted by atomic mass is 10.0. The maximum absolute atomic E-state index is 12.8. The highest BCUT2D eigenvalue weighted by atomic mass is 19.1. The van der Waals surface area contributed by atoms with Gasteiger partial charge in [0.1, 0.15) is 5.82 Å². The molecule has 2 aromatic carbocycles. The first-order chi connectivity index (χ1) is 8.20. The van der Waals surface area contributed by atoms with Gasteiger partial charge in [0.25, 0.3) is 0 Å². The molecular weight excluding hydrogens is 213 g/mol. The van der Waals surface area contributed by atoms with Crippen molar-refractivity contribution >= 4 is 5.69 Å². The fourth-order valence-corrected chi connectivity index (χ4v) is 1.91. The average molecular weight is 229 g/mol. The van der Waals surface area contributed by atoms with E-state index in [1.807, 2.05) is 12.1 Å². The number of halogens is 1. The van der Waals surface area contributed by atoms with Crippen LogP contribution in [0.15, 0.2) is 42.5 Å². The van der Waals surface area contributed by atoms with Crippen LogP contribution in [0.2, 0.25) is 0 Å². The van der Waals surface area contributed by atoms with Crippen LogP contribution in [0.5, 0.6) is 0 Å². The van der Waals surface area contributed by atoms with Crippen LogP contribution in [-0.4, -0.2) is 0 Å². The number of anilines is 1. The molecular formula is C15H16FN. The van der Waals surface area contributed by atoms with Gasteiger partial charge in [-0.3, -0.25) is 0 Å². The summed E-state index contributed by atoms with van der Waals surface area (Å²) in [6.07, 6.45) is 2.08. The van der Waals surface area contributed by atoms with E-state index in [0.29, 0.717) is 0 Å². The summed E-state index contributed by atoms with van der Waals surface area (Å²) in [5, 5.41) is 0. The quantitative estimate of drug-likeness (QED) is 0.790. The van der Waals surface area contributed by atoms with Crippen LogP contribution >= 0.6 is 0 Å². The molecule has 0 saturated heterocycles. The Kier molecular flexibility index (Phi) is 3.43. The summed E-state index contributed by atoms with van der Waals surface area (Å²) in [5.74, 6) is -0.218. The minimum Gasteiger partial charge on any atom is -0.398 e. The summed E-state index contributed by atoms with van der Waals surface area (Å²) in [6, 6.07) is 12.5. The number of benzene rings is 2. The lowest BCUT2D eigenvalue weighted by molar-refractivity contribution is 0.628. The number of rotatable bonds is 3. The Morgan fingerprint density at radius 3 is 2.24 bits per heavy atom. The molecule has 0 fully saturated rings. The van der Waals surface area contributed by atoms with Gasteiger partial charge in [-0.2, -0.15) is 0 Å². The maximum Gasteiger partial charge on any atom is 0.123 e. The molecule has 0 bridgehead atoms. The Bertz CT molecular complexity index is 503. The summed E-state index contributed by atoms with van der Waals surface area (Å²) < 4.78 is 12.8. The van der Waals surface area contributed by atoms with Crippen LogP contribution in [0.4, 0.5) is 10.1 Å². The molecule has 0 amide bonds. The summed E-state index contributed by atoms with van der Waals surface area (Å²) >= 11 is 0. The number of nitrogens with two attached hydrogens (primary N) is 1. The smallest absolute Gasteiger partial charge is 0.123 e. The van der Waals surface area contributed by atoms with Crippen molar-refractivity contribution in [2.45, 2.75) is 19.8 Å². The van der Waals surface area contributed by atoms with Crippen LogP contribution in [-0.2, 0) is 6.42 Å². The Hall–Kier alpha value is -1.83. The number of aryl methyl sites for hydroxylation is 1. The third-order valence-electron chi connectivity index (χ3n) is 2.84. The van der Waals surface area contributed by atoms with E-state index in [0.717, 1.165) is 29.7 Å². The fraction of sp³-hybridized carbons (Fsp3) is 0.200. The normalized spacial score (nSPS) is 10.5. The van der Waals surface area contributed by atoms with E-state index in [-0.39, 0.29) is 5.82 Å². The Balaban J connectivity index is 2.34. The van der Waals surface area contributed by atoms with Crippen molar-refractivity contribution in [2.24, 2.45) is 0 Å². The third-order valence-corrected chi connectivity index (χ3v) is 2.84. The van der Waals surface area contributed by atoms with Gasteiger partial charge < -0.3 is 5.73 Å². The van der Waals surface area contributed by atoms with Crippen molar-refractivity contribution in [3.8, 4) is 11.1 Å². The third kappa shape index (κ3) is 2.64. The molecule has 0 atom stereocenters. The predicted molar refractivity (Wildman–Crippen MR) is 70.2 cm³/mol. The number of hydrogen-bond acceptors (Lipinski definition) is 1. The van der Waals surface area contributed by atoms with Gasteiger partial charge in [0, 0.05) is 5.69 Å². The molecule has 0 radical (unpaired) electrons. The zero-order valence-electron chi connectivity index (χ0n) is 9.91. The molecule has 0 saturated carbocycles. The van der Waals surface area contributed by atoms with Gasteiger partial charge in [-0.25, -0.2) is 4.39 Å². The van der Waals surface area contributed by atoms with Gasteiger partial charge in [-0.15, -0.1) is 0 Å². The Labute approximate surface area is 101 Å². The van der Waals surface area contributed by atoms with Gasteiger partial charge in [0.15, 0.2) is 0 Å². The number of nitrogen functional groups attached to an aromatic ring is 1. The average Bonchev–Trinajstić information content (AvgIpc) is 2.33. The molecule has 0 spiro atoms. The summed E-state index contributed by atoms with van der Waals surface area (Å²) in [6.45, 7) is 2.13. The fourth-order valence-electron chi connectivity index (χ4n) is 1.91. The van der Waals surface area contributed by atoms with Crippen molar-refractivity contribution in [3.05, 3.63) is 53.8 Å². The summed E-state index contributed by atoms with van der Waals surface area (Å²) in [5.41, 5.74) is 10.0. The molecule has 0 unspecified atom stereocenters.